The minimum Gasteiger partial charge on any atom is -0.293 e. The van der Waals surface area contributed by atoms with Crippen molar-refractivity contribution in [3.63, 3.8) is 0 Å². The van der Waals surface area contributed by atoms with Crippen LogP contribution in [0, 0.1) is 0 Å². The number of benzene rings is 2. The van der Waals surface area contributed by atoms with E-state index in [1.807, 2.05) is 60.7 Å². The number of halogens is 1. The van der Waals surface area contributed by atoms with Crippen LogP contribution in [0.5, 0.6) is 0 Å². The van der Waals surface area contributed by atoms with Crippen LogP contribution in [0.25, 0.3) is 0 Å². The van der Waals surface area contributed by atoms with Crippen molar-refractivity contribution in [2.24, 2.45) is 0 Å². The molecule has 2 heteroatoms. The van der Waals surface area contributed by atoms with Crippen LogP contribution in [-0.4, -0.2) is 11.1 Å². The Morgan fingerprint density at radius 1 is 0.947 bits per heavy atom. The van der Waals surface area contributed by atoms with Gasteiger partial charge in [0.1, 0.15) is 0 Å². The minimum atomic E-state index is -0.0406. The van der Waals surface area contributed by atoms with Gasteiger partial charge in [0.25, 0.3) is 0 Å². The molecule has 98 valence electrons. The fourth-order valence-corrected chi connectivity index (χ4v) is 2.54. The van der Waals surface area contributed by atoms with Crippen LogP contribution in [0.15, 0.2) is 60.7 Å². The van der Waals surface area contributed by atoms with E-state index in [-0.39, 0.29) is 11.7 Å². The van der Waals surface area contributed by atoms with Crippen molar-refractivity contribution in [2.75, 3.05) is 5.33 Å². The maximum absolute atomic E-state index is 12.6. The predicted molar refractivity (Wildman–Crippen MR) is 83.0 cm³/mol. The third-order valence-electron chi connectivity index (χ3n) is 3.20. The predicted octanol–water partition coefficient (Wildman–Crippen LogP) is 4.83. The maximum atomic E-state index is 12.6. The Morgan fingerprint density at radius 2 is 1.53 bits per heavy atom. The Morgan fingerprint density at radius 3 is 2.11 bits per heavy atom. The lowest BCUT2D eigenvalue weighted by molar-refractivity contribution is 0.0955. The molecule has 0 aliphatic carbocycles. The summed E-state index contributed by atoms with van der Waals surface area (Å²) in [6, 6.07) is 19.6. The van der Waals surface area contributed by atoms with E-state index in [0.717, 1.165) is 29.3 Å². The Labute approximate surface area is 122 Å². The number of Topliss-reactive ketones (excluding diaryl/α,β-unsaturated/α-hetero) is 1. The molecule has 1 atom stereocenters. The van der Waals surface area contributed by atoms with Gasteiger partial charge in [-0.1, -0.05) is 76.6 Å². The van der Waals surface area contributed by atoms with Crippen LogP contribution in [0.2, 0.25) is 0 Å². The summed E-state index contributed by atoms with van der Waals surface area (Å²) in [6.07, 6.45) is 1.88. The normalized spacial score (nSPS) is 12.1. The third kappa shape index (κ3) is 3.77. The number of hydrogen-bond acceptors (Lipinski definition) is 1. The van der Waals surface area contributed by atoms with Gasteiger partial charge in [0, 0.05) is 16.8 Å². The van der Waals surface area contributed by atoms with Crippen molar-refractivity contribution in [1.29, 1.82) is 0 Å². The fraction of sp³-hybridized carbons (Fsp3) is 0.235. The zero-order chi connectivity index (χ0) is 13.5. The highest BCUT2D eigenvalue weighted by Crippen LogP contribution is 2.26. The van der Waals surface area contributed by atoms with E-state index in [2.05, 4.69) is 15.9 Å². The maximum Gasteiger partial charge on any atom is 0.170 e. The number of carbonyl (C=O) groups is 1. The number of ketones is 1. The van der Waals surface area contributed by atoms with Gasteiger partial charge in [-0.25, -0.2) is 0 Å². The SMILES string of the molecule is O=C(c1ccccc1)C(CCCBr)c1ccccc1. The molecule has 0 aliphatic rings. The van der Waals surface area contributed by atoms with Crippen molar-refractivity contribution >= 4 is 21.7 Å². The van der Waals surface area contributed by atoms with E-state index in [1.165, 1.54) is 0 Å². The number of alkyl halides is 1. The van der Waals surface area contributed by atoms with Crippen LogP contribution in [-0.2, 0) is 0 Å². The van der Waals surface area contributed by atoms with Crippen LogP contribution in [0.3, 0.4) is 0 Å². The highest BCUT2D eigenvalue weighted by molar-refractivity contribution is 9.09. The number of carbonyl (C=O) groups excluding carboxylic acids is 1. The fourth-order valence-electron chi connectivity index (χ4n) is 2.22. The summed E-state index contributed by atoms with van der Waals surface area (Å²) in [5.74, 6) is 0.175. The van der Waals surface area contributed by atoms with Gasteiger partial charge in [0.2, 0.25) is 0 Å². The van der Waals surface area contributed by atoms with Crippen LogP contribution in [0.4, 0.5) is 0 Å². The lowest BCUT2D eigenvalue weighted by Crippen LogP contribution is -2.13. The average molecular weight is 317 g/mol. The lowest BCUT2D eigenvalue weighted by Gasteiger charge is -2.16. The quantitative estimate of drug-likeness (QED) is 0.551. The van der Waals surface area contributed by atoms with Gasteiger partial charge in [-0.05, 0) is 18.4 Å². The molecule has 0 radical (unpaired) electrons. The summed E-state index contributed by atoms with van der Waals surface area (Å²) < 4.78 is 0. The van der Waals surface area contributed by atoms with Crippen molar-refractivity contribution in [1.82, 2.24) is 0 Å². The van der Waals surface area contributed by atoms with E-state index >= 15 is 0 Å². The summed E-state index contributed by atoms with van der Waals surface area (Å²) in [4.78, 5) is 12.6. The molecule has 0 aliphatic heterocycles. The second kappa shape index (κ2) is 7.25. The molecule has 0 aromatic heterocycles. The standard InChI is InChI=1S/C17H17BrO/c18-13-7-12-16(14-8-3-1-4-9-14)17(19)15-10-5-2-6-11-15/h1-6,8-11,16H,7,12-13H2. The van der Waals surface area contributed by atoms with Gasteiger partial charge in [-0.2, -0.15) is 0 Å². The topological polar surface area (TPSA) is 17.1 Å². The van der Waals surface area contributed by atoms with Crippen LogP contribution < -0.4 is 0 Å². The molecule has 0 heterocycles. The Kier molecular flexibility index (Phi) is 5.34. The molecule has 2 rings (SSSR count). The van der Waals surface area contributed by atoms with Crippen molar-refractivity contribution in [3.8, 4) is 0 Å². The highest BCUT2D eigenvalue weighted by atomic mass is 79.9. The molecule has 0 amide bonds. The first-order valence-corrected chi connectivity index (χ1v) is 7.65. The molecule has 19 heavy (non-hydrogen) atoms. The molecule has 1 unspecified atom stereocenters. The second-order valence-electron chi connectivity index (χ2n) is 4.52. The first-order valence-electron chi connectivity index (χ1n) is 6.53. The largest absolute Gasteiger partial charge is 0.293 e. The molecule has 0 spiro atoms. The molecule has 0 bridgehead atoms. The van der Waals surface area contributed by atoms with E-state index < -0.39 is 0 Å². The van der Waals surface area contributed by atoms with E-state index in [4.69, 9.17) is 0 Å². The van der Waals surface area contributed by atoms with Gasteiger partial charge in [-0.15, -0.1) is 0 Å². The minimum absolute atomic E-state index is 0.0406. The Balaban J connectivity index is 2.25. The average Bonchev–Trinajstić information content (AvgIpc) is 2.49. The second-order valence-corrected chi connectivity index (χ2v) is 5.32. The molecule has 0 saturated heterocycles. The molecule has 0 N–H and O–H groups in total. The zero-order valence-corrected chi connectivity index (χ0v) is 12.3. The van der Waals surface area contributed by atoms with Gasteiger partial charge in [-0.3, -0.25) is 4.79 Å². The third-order valence-corrected chi connectivity index (χ3v) is 3.76. The highest BCUT2D eigenvalue weighted by Gasteiger charge is 2.21. The van der Waals surface area contributed by atoms with Crippen LogP contribution >= 0.6 is 15.9 Å². The number of hydrogen-bond donors (Lipinski definition) is 0. The molecular formula is C17H17BrO. The first-order chi connectivity index (χ1) is 9.33. The first kappa shape index (κ1) is 14.0. The van der Waals surface area contributed by atoms with E-state index in [1.54, 1.807) is 0 Å². The molecule has 0 fully saturated rings. The zero-order valence-electron chi connectivity index (χ0n) is 10.8. The number of rotatable bonds is 6. The summed E-state index contributed by atoms with van der Waals surface area (Å²) in [7, 11) is 0. The Hall–Kier alpha value is -1.41. The molecule has 1 nitrogen and oxygen atoms in total. The molecular weight excluding hydrogens is 300 g/mol. The van der Waals surface area contributed by atoms with E-state index in [9.17, 15) is 4.79 Å². The van der Waals surface area contributed by atoms with E-state index in [0.29, 0.717) is 0 Å². The summed E-state index contributed by atoms with van der Waals surface area (Å²) in [5.41, 5.74) is 1.91. The van der Waals surface area contributed by atoms with Gasteiger partial charge in [0.15, 0.2) is 5.78 Å². The molecule has 2 aromatic carbocycles. The van der Waals surface area contributed by atoms with Crippen molar-refractivity contribution in [3.05, 3.63) is 71.8 Å². The van der Waals surface area contributed by atoms with Crippen LogP contribution in [0.1, 0.15) is 34.7 Å². The summed E-state index contributed by atoms with van der Waals surface area (Å²) >= 11 is 3.44. The molecule has 0 saturated carbocycles. The molecule has 2 aromatic rings. The smallest absolute Gasteiger partial charge is 0.170 e. The van der Waals surface area contributed by atoms with Gasteiger partial charge < -0.3 is 0 Å². The van der Waals surface area contributed by atoms with Gasteiger partial charge >= 0.3 is 0 Å². The summed E-state index contributed by atoms with van der Waals surface area (Å²) in [5, 5.41) is 0.929. The van der Waals surface area contributed by atoms with Gasteiger partial charge in [0.05, 0.1) is 0 Å². The monoisotopic (exact) mass is 316 g/mol. The summed E-state index contributed by atoms with van der Waals surface area (Å²) in [6.45, 7) is 0. The van der Waals surface area contributed by atoms with Crippen molar-refractivity contribution in [2.45, 2.75) is 18.8 Å². The lowest BCUT2D eigenvalue weighted by atomic mass is 9.87. The van der Waals surface area contributed by atoms with Crippen molar-refractivity contribution < 1.29 is 4.79 Å². The Bertz CT molecular complexity index is 507.